The van der Waals surface area contributed by atoms with Gasteiger partial charge in [0.05, 0.1) is 7.11 Å². The van der Waals surface area contributed by atoms with Crippen molar-refractivity contribution >= 4 is 10.8 Å². The molecular weight excluding hydrogens is 335 g/mol. The zero-order chi connectivity index (χ0) is 18.8. The van der Waals surface area contributed by atoms with E-state index in [9.17, 15) is 0 Å². The summed E-state index contributed by atoms with van der Waals surface area (Å²) in [5.74, 6) is 0.673. The minimum Gasteiger partial charge on any atom is -0.497 e. The third kappa shape index (κ3) is 3.31. The van der Waals surface area contributed by atoms with Crippen LogP contribution in [0.5, 0.6) is 5.75 Å². The van der Waals surface area contributed by atoms with Crippen LogP contribution in [0.2, 0.25) is 0 Å². The van der Waals surface area contributed by atoms with Gasteiger partial charge in [-0.15, -0.1) is 0 Å². The molecular formula is C25H21FO. The van der Waals surface area contributed by atoms with Gasteiger partial charge in [0.15, 0.2) is 0 Å². The first-order valence-electron chi connectivity index (χ1n) is 9.15. The van der Waals surface area contributed by atoms with Gasteiger partial charge in [-0.3, -0.25) is 0 Å². The maximum absolute atomic E-state index is 15.1. The van der Waals surface area contributed by atoms with E-state index in [2.05, 4.69) is 13.0 Å². The van der Waals surface area contributed by atoms with E-state index >= 15 is 4.39 Å². The van der Waals surface area contributed by atoms with Gasteiger partial charge in [-0.2, -0.15) is 0 Å². The molecule has 4 aromatic rings. The van der Waals surface area contributed by atoms with Gasteiger partial charge in [-0.05, 0) is 46.2 Å². The Morgan fingerprint density at radius 3 is 2.00 bits per heavy atom. The molecule has 0 fully saturated rings. The molecule has 1 nitrogen and oxygen atoms in total. The lowest BCUT2D eigenvalue weighted by molar-refractivity contribution is 0.415. The van der Waals surface area contributed by atoms with Crippen molar-refractivity contribution in [2.24, 2.45) is 0 Å². The lowest BCUT2D eigenvalue weighted by Gasteiger charge is -2.10. The summed E-state index contributed by atoms with van der Waals surface area (Å²) in [5, 5.41) is 1.62. The number of benzene rings is 4. The Balaban J connectivity index is 1.70. The average molecular weight is 356 g/mol. The van der Waals surface area contributed by atoms with Crippen molar-refractivity contribution in [3.63, 3.8) is 0 Å². The van der Waals surface area contributed by atoms with Crippen LogP contribution in [-0.4, -0.2) is 7.11 Å². The van der Waals surface area contributed by atoms with Crippen molar-refractivity contribution in [2.75, 3.05) is 7.11 Å². The number of aryl methyl sites for hydroxylation is 1. The van der Waals surface area contributed by atoms with E-state index in [-0.39, 0.29) is 5.82 Å². The van der Waals surface area contributed by atoms with Crippen LogP contribution in [0.15, 0.2) is 78.9 Å². The third-order valence-corrected chi connectivity index (χ3v) is 5.05. The monoisotopic (exact) mass is 356 g/mol. The highest BCUT2D eigenvalue weighted by atomic mass is 19.1. The summed E-state index contributed by atoms with van der Waals surface area (Å²) in [6.45, 7) is 2.11. The smallest absolute Gasteiger partial charge is 0.138 e. The molecule has 134 valence electrons. The van der Waals surface area contributed by atoms with Crippen LogP contribution < -0.4 is 4.74 Å². The average Bonchev–Trinajstić information content (AvgIpc) is 2.74. The molecule has 0 unspecified atom stereocenters. The number of hydrogen-bond donors (Lipinski definition) is 0. The highest BCUT2D eigenvalue weighted by Gasteiger charge is 2.10. The standard InChI is InChI=1S/C25H21FO/c1-3-17-4-14-24-21(16-17)11-15-23(25(24)26)20-7-5-18(6-8-20)19-9-12-22(27-2)13-10-19/h4-16H,3H2,1-2H3. The number of ether oxygens (including phenoxy) is 1. The zero-order valence-corrected chi connectivity index (χ0v) is 15.5. The van der Waals surface area contributed by atoms with Crippen LogP contribution in [0.4, 0.5) is 4.39 Å². The third-order valence-electron chi connectivity index (χ3n) is 5.05. The fourth-order valence-electron chi connectivity index (χ4n) is 3.41. The first-order chi connectivity index (χ1) is 13.2. The van der Waals surface area contributed by atoms with Crippen molar-refractivity contribution in [2.45, 2.75) is 13.3 Å². The molecule has 0 saturated carbocycles. The first-order valence-corrected chi connectivity index (χ1v) is 9.15. The summed E-state index contributed by atoms with van der Waals surface area (Å²) in [6.07, 6.45) is 0.951. The summed E-state index contributed by atoms with van der Waals surface area (Å²) >= 11 is 0. The Labute approximate surface area is 159 Å². The Bertz CT molecular complexity index is 1080. The van der Waals surface area contributed by atoms with E-state index in [4.69, 9.17) is 4.74 Å². The van der Waals surface area contributed by atoms with Crippen molar-refractivity contribution in [1.29, 1.82) is 0 Å². The summed E-state index contributed by atoms with van der Waals surface area (Å²) in [5.41, 5.74) is 4.93. The number of fused-ring (bicyclic) bond motifs is 1. The van der Waals surface area contributed by atoms with Gasteiger partial charge in [0.2, 0.25) is 0 Å². The zero-order valence-electron chi connectivity index (χ0n) is 15.5. The minimum atomic E-state index is -0.160. The molecule has 0 amide bonds. The lowest BCUT2D eigenvalue weighted by atomic mass is 9.96. The van der Waals surface area contributed by atoms with Crippen molar-refractivity contribution in [3.05, 3.63) is 90.2 Å². The van der Waals surface area contributed by atoms with E-state index in [0.717, 1.165) is 34.2 Å². The van der Waals surface area contributed by atoms with Crippen LogP contribution in [0.3, 0.4) is 0 Å². The predicted octanol–water partition coefficient (Wildman–Crippen LogP) is 6.88. The fourth-order valence-corrected chi connectivity index (χ4v) is 3.41. The Morgan fingerprint density at radius 2 is 1.37 bits per heavy atom. The molecule has 0 aliphatic rings. The first kappa shape index (κ1) is 17.3. The molecule has 0 N–H and O–H groups in total. The second kappa shape index (κ2) is 7.24. The van der Waals surface area contributed by atoms with Crippen LogP contribution in [0.1, 0.15) is 12.5 Å². The molecule has 4 rings (SSSR count). The molecule has 0 aliphatic carbocycles. The number of hydrogen-bond acceptors (Lipinski definition) is 1. The van der Waals surface area contributed by atoms with Crippen molar-refractivity contribution in [1.82, 2.24) is 0 Å². The molecule has 0 aliphatic heterocycles. The summed E-state index contributed by atoms with van der Waals surface area (Å²) in [4.78, 5) is 0. The van der Waals surface area contributed by atoms with Gasteiger partial charge in [-0.1, -0.05) is 73.7 Å². The molecule has 0 heterocycles. The molecule has 0 atom stereocenters. The molecule has 0 radical (unpaired) electrons. The quantitative estimate of drug-likeness (QED) is 0.387. The predicted molar refractivity (Wildman–Crippen MR) is 111 cm³/mol. The van der Waals surface area contributed by atoms with Gasteiger partial charge in [0, 0.05) is 10.9 Å². The van der Waals surface area contributed by atoms with Gasteiger partial charge in [0.25, 0.3) is 0 Å². The highest BCUT2D eigenvalue weighted by Crippen LogP contribution is 2.31. The van der Waals surface area contributed by atoms with Crippen LogP contribution >= 0.6 is 0 Å². The van der Waals surface area contributed by atoms with Gasteiger partial charge < -0.3 is 4.74 Å². The van der Waals surface area contributed by atoms with Gasteiger partial charge in [0.1, 0.15) is 11.6 Å². The molecule has 0 saturated heterocycles. The maximum atomic E-state index is 15.1. The summed E-state index contributed by atoms with van der Waals surface area (Å²) < 4.78 is 20.3. The minimum absolute atomic E-state index is 0.160. The largest absolute Gasteiger partial charge is 0.497 e. The summed E-state index contributed by atoms with van der Waals surface area (Å²) in [6, 6.07) is 25.8. The second-order valence-corrected chi connectivity index (χ2v) is 6.64. The van der Waals surface area contributed by atoms with Crippen molar-refractivity contribution < 1.29 is 9.13 Å². The SMILES string of the molecule is CCc1ccc2c(F)c(-c3ccc(-c4ccc(OC)cc4)cc3)ccc2c1. The molecule has 4 aromatic carbocycles. The Kier molecular flexibility index (Phi) is 4.64. The van der Waals surface area contributed by atoms with E-state index in [0.29, 0.717) is 10.9 Å². The normalized spacial score (nSPS) is 10.9. The van der Waals surface area contributed by atoms with Gasteiger partial charge in [-0.25, -0.2) is 4.39 Å². The molecule has 0 aromatic heterocycles. The van der Waals surface area contributed by atoms with Crippen LogP contribution in [-0.2, 0) is 6.42 Å². The topological polar surface area (TPSA) is 9.23 Å². The fraction of sp³-hybridized carbons (Fsp3) is 0.120. The lowest BCUT2D eigenvalue weighted by Crippen LogP contribution is -1.89. The highest BCUT2D eigenvalue weighted by molar-refractivity contribution is 5.89. The molecule has 0 bridgehead atoms. The Hall–Kier alpha value is -3.13. The Morgan fingerprint density at radius 1 is 0.741 bits per heavy atom. The van der Waals surface area contributed by atoms with Gasteiger partial charge >= 0.3 is 0 Å². The molecule has 27 heavy (non-hydrogen) atoms. The van der Waals surface area contributed by atoms with Crippen LogP contribution in [0, 0.1) is 5.82 Å². The molecule has 2 heteroatoms. The maximum Gasteiger partial charge on any atom is 0.138 e. The number of methoxy groups -OCH3 is 1. The van der Waals surface area contributed by atoms with E-state index in [1.54, 1.807) is 7.11 Å². The van der Waals surface area contributed by atoms with Crippen molar-refractivity contribution in [3.8, 4) is 28.0 Å². The van der Waals surface area contributed by atoms with E-state index in [1.807, 2.05) is 72.8 Å². The van der Waals surface area contributed by atoms with E-state index in [1.165, 1.54) is 5.56 Å². The van der Waals surface area contributed by atoms with E-state index < -0.39 is 0 Å². The number of halogens is 1. The summed E-state index contributed by atoms with van der Waals surface area (Å²) in [7, 11) is 1.66. The number of rotatable bonds is 4. The molecule has 0 spiro atoms. The van der Waals surface area contributed by atoms with Crippen LogP contribution in [0.25, 0.3) is 33.0 Å². The second-order valence-electron chi connectivity index (χ2n) is 6.64.